The van der Waals surface area contributed by atoms with Crippen molar-refractivity contribution in [2.75, 3.05) is 0 Å². The molecule has 0 unspecified atom stereocenters. The van der Waals surface area contributed by atoms with Crippen LogP contribution in [0.3, 0.4) is 0 Å². The van der Waals surface area contributed by atoms with Gasteiger partial charge in [0.15, 0.2) is 0 Å². The number of fused-ring (bicyclic) bond motifs is 5. The lowest BCUT2D eigenvalue weighted by molar-refractivity contribution is 1.22. The van der Waals surface area contributed by atoms with E-state index in [0.29, 0.717) is 5.52 Å². The number of benzene rings is 3. The van der Waals surface area contributed by atoms with Gasteiger partial charge >= 0.3 is 0 Å². The second kappa shape index (κ2) is 4.83. The molecule has 5 aromatic rings. The van der Waals surface area contributed by atoms with Crippen molar-refractivity contribution in [1.29, 1.82) is 0 Å². The van der Waals surface area contributed by atoms with Gasteiger partial charge < -0.3 is 9.38 Å². The molecule has 5 rings (SSSR count). The number of hydrogen-bond donors (Lipinski definition) is 1. The van der Waals surface area contributed by atoms with Crippen molar-refractivity contribution in [2.45, 2.75) is 0 Å². The van der Waals surface area contributed by atoms with Gasteiger partial charge in [-0.1, -0.05) is 60.7 Å². The number of rotatable bonds is 1. The van der Waals surface area contributed by atoms with E-state index in [0.717, 1.165) is 33.1 Å². The molecule has 0 aliphatic heterocycles. The van der Waals surface area contributed by atoms with Crippen LogP contribution in [0.25, 0.3) is 38.6 Å². The molecule has 0 bridgehead atoms. The highest BCUT2D eigenvalue weighted by atomic mass is 16.1. The van der Waals surface area contributed by atoms with Crippen molar-refractivity contribution >= 4 is 27.5 Å². The van der Waals surface area contributed by atoms with Crippen molar-refractivity contribution in [3.8, 4) is 11.1 Å². The fourth-order valence-corrected chi connectivity index (χ4v) is 3.56. The van der Waals surface area contributed by atoms with Gasteiger partial charge in [-0.05, 0) is 23.8 Å². The topological polar surface area (TPSA) is 37.3 Å². The van der Waals surface area contributed by atoms with Gasteiger partial charge in [-0.2, -0.15) is 0 Å². The van der Waals surface area contributed by atoms with Crippen molar-refractivity contribution in [3.63, 3.8) is 0 Å². The fourth-order valence-electron chi connectivity index (χ4n) is 3.56. The Kier molecular flexibility index (Phi) is 2.65. The van der Waals surface area contributed by atoms with E-state index in [4.69, 9.17) is 0 Å². The molecule has 2 heterocycles. The Hall–Kier alpha value is -3.33. The van der Waals surface area contributed by atoms with Crippen LogP contribution < -0.4 is 5.56 Å². The number of nitrogens with one attached hydrogen (secondary N) is 1. The summed E-state index contributed by atoms with van der Waals surface area (Å²) in [7, 11) is 0. The first-order chi connectivity index (χ1) is 11.8. The smallest absolute Gasteiger partial charge is 0.273 e. The average Bonchev–Trinajstić information content (AvgIpc) is 2.99. The zero-order valence-electron chi connectivity index (χ0n) is 12.9. The lowest BCUT2D eigenvalue weighted by atomic mass is 10.0. The van der Waals surface area contributed by atoms with Gasteiger partial charge in [0.2, 0.25) is 0 Å². The molecule has 0 aliphatic rings. The van der Waals surface area contributed by atoms with Crippen LogP contribution in [0.1, 0.15) is 0 Å². The number of nitrogens with zero attached hydrogens (tertiary/aromatic N) is 1. The van der Waals surface area contributed by atoms with Gasteiger partial charge in [-0.3, -0.25) is 4.79 Å². The highest BCUT2D eigenvalue weighted by molar-refractivity contribution is 6.07. The fraction of sp³-hybridized carbons (Fsp3) is 0. The van der Waals surface area contributed by atoms with E-state index in [1.54, 1.807) is 0 Å². The first kappa shape index (κ1) is 13.1. The molecule has 0 saturated heterocycles. The van der Waals surface area contributed by atoms with Crippen LogP contribution in [0.15, 0.2) is 83.7 Å². The maximum Gasteiger partial charge on any atom is 0.273 e. The molecule has 2 aromatic heterocycles. The predicted molar refractivity (Wildman–Crippen MR) is 98.5 cm³/mol. The second-order valence-electron chi connectivity index (χ2n) is 5.91. The summed E-state index contributed by atoms with van der Waals surface area (Å²) in [4.78, 5) is 15.9. The third-order valence-corrected chi connectivity index (χ3v) is 4.55. The maximum absolute atomic E-state index is 12.9. The van der Waals surface area contributed by atoms with Gasteiger partial charge in [0.25, 0.3) is 5.56 Å². The van der Waals surface area contributed by atoms with E-state index in [9.17, 15) is 4.79 Å². The molecular formula is C21H14N2O. The third kappa shape index (κ3) is 1.69. The molecule has 0 spiro atoms. The number of aromatic nitrogens is 2. The Labute approximate surface area is 137 Å². The minimum absolute atomic E-state index is 0.0660. The van der Waals surface area contributed by atoms with E-state index in [1.807, 2.05) is 54.6 Å². The minimum atomic E-state index is -0.0660. The third-order valence-electron chi connectivity index (χ3n) is 4.55. The van der Waals surface area contributed by atoms with Crippen LogP contribution in [0, 0.1) is 0 Å². The first-order valence-electron chi connectivity index (χ1n) is 7.94. The molecule has 1 N–H and O–H groups in total. The highest BCUT2D eigenvalue weighted by Crippen LogP contribution is 2.35. The SMILES string of the molecule is O=c1[nH]c2ccccc2n2c1c(-c1ccccc1)c1ccccc12. The van der Waals surface area contributed by atoms with Crippen molar-refractivity contribution < 1.29 is 0 Å². The van der Waals surface area contributed by atoms with E-state index in [-0.39, 0.29) is 5.56 Å². The van der Waals surface area contributed by atoms with Gasteiger partial charge in [-0.25, -0.2) is 0 Å². The molecule has 0 radical (unpaired) electrons. The Morgan fingerprint density at radius 2 is 1.38 bits per heavy atom. The Bertz CT molecular complexity index is 1260. The molecule has 0 amide bonds. The maximum atomic E-state index is 12.9. The molecule has 3 nitrogen and oxygen atoms in total. The van der Waals surface area contributed by atoms with Crippen molar-refractivity contribution in [3.05, 3.63) is 89.2 Å². The standard InChI is InChI=1S/C21H14N2O/c24-21-20-19(14-8-2-1-3-9-14)15-10-4-6-12-17(15)23(20)18-13-7-5-11-16(18)22-21/h1-13H,(H,22,24). The molecule has 0 saturated carbocycles. The average molecular weight is 310 g/mol. The lowest BCUT2D eigenvalue weighted by Gasteiger charge is -2.04. The molecule has 0 aliphatic carbocycles. The van der Waals surface area contributed by atoms with E-state index in [1.165, 1.54) is 0 Å². The monoisotopic (exact) mass is 310 g/mol. The molecule has 3 heteroatoms. The molecule has 0 fully saturated rings. The van der Waals surface area contributed by atoms with Gasteiger partial charge in [0, 0.05) is 10.9 Å². The Morgan fingerprint density at radius 3 is 2.21 bits per heavy atom. The summed E-state index contributed by atoms with van der Waals surface area (Å²) in [6, 6.07) is 26.2. The lowest BCUT2D eigenvalue weighted by Crippen LogP contribution is -2.10. The summed E-state index contributed by atoms with van der Waals surface area (Å²) in [6.45, 7) is 0. The zero-order chi connectivity index (χ0) is 16.1. The van der Waals surface area contributed by atoms with Crippen LogP contribution in [0.5, 0.6) is 0 Å². The second-order valence-corrected chi connectivity index (χ2v) is 5.91. The predicted octanol–water partition coefficient (Wildman–Crippen LogP) is 4.60. The molecule has 114 valence electrons. The first-order valence-corrected chi connectivity index (χ1v) is 7.94. The Balaban J connectivity index is 2.14. The summed E-state index contributed by atoms with van der Waals surface area (Å²) in [5.74, 6) is 0. The molecule has 0 atom stereocenters. The van der Waals surface area contributed by atoms with Crippen LogP contribution in [0.4, 0.5) is 0 Å². The molecule has 3 aromatic carbocycles. The molecular weight excluding hydrogens is 296 g/mol. The van der Waals surface area contributed by atoms with Crippen LogP contribution in [-0.2, 0) is 0 Å². The molecule has 24 heavy (non-hydrogen) atoms. The van der Waals surface area contributed by atoms with Crippen LogP contribution in [0.2, 0.25) is 0 Å². The summed E-state index contributed by atoms with van der Waals surface area (Å²) in [5, 5.41) is 1.09. The normalized spacial score (nSPS) is 11.5. The number of hydrogen-bond acceptors (Lipinski definition) is 1. The van der Waals surface area contributed by atoms with Crippen molar-refractivity contribution in [1.82, 2.24) is 9.38 Å². The van der Waals surface area contributed by atoms with Gasteiger partial charge in [0.05, 0.1) is 16.6 Å². The van der Waals surface area contributed by atoms with Gasteiger partial charge in [0.1, 0.15) is 5.52 Å². The summed E-state index contributed by atoms with van der Waals surface area (Å²) >= 11 is 0. The minimum Gasteiger partial charge on any atom is -0.319 e. The summed E-state index contributed by atoms with van der Waals surface area (Å²) in [5.41, 5.74) is 5.56. The van der Waals surface area contributed by atoms with Crippen molar-refractivity contribution in [2.24, 2.45) is 0 Å². The van der Waals surface area contributed by atoms with E-state index < -0.39 is 0 Å². The number of aromatic amines is 1. The number of H-pyrrole nitrogens is 1. The highest BCUT2D eigenvalue weighted by Gasteiger charge is 2.17. The van der Waals surface area contributed by atoms with Gasteiger partial charge in [-0.15, -0.1) is 0 Å². The van der Waals surface area contributed by atoms with E-state index >= 15 is 0 Å². The van der Waals surface area contributed by atoms with E-state index in [2.05, 4.69) is 33.7 Å². The van der Waals surface area contributed by atoms with Crippen LogP contribution >= 0.6 is 0 Å². The summed E-state index contributed by atoms with van der Waals surface area (Å²) < 4.78 is 2.08. The number of para-hydroxylation sites is 3. The Morgan fingerprint density at radius 1 is 0.708 bits per heavy atom. The quantitative estimate of drug-likeness (QED) is 0.482. The largest absolute Gasteiger partial charge is 0.319 e. The summed E-state index contributed by atoms with van der Waals surface area (Å²) in [6.07, 6.45) is 0. The zero-order valence-corrected chi connectivity index (χ0v) is 12.9. The van der Waals surface area contributed by atoms with Crippen LogP contribution in [-0.4, -0.2) is 9.38 Å².